The van der Waals surface area contributed by atoms with Gasteiger partial charge in [0.2, 0.25) is 5.91 Å². The minimum atomic E-state index is -0.347. The number of hydrogen-bond acceptors (Lipinski definition) is 6. The molecule has 1 saturated heterocycles. The molecule has 0 spiro atoms. The number of urea groups is 1. The Morgan fingerprint density at radius 2 is 1.68 bits per heavy atom. The van der Waals surface area contributed by atoms with Crippen molar-refractivity contribution >= 4 is 34.8 Å². The second-order valence-electron chi connectivity index (χ2n) is 11.9. The summed E-state index contributed by atoms with van der Waals surface area (Å²) in [6.45, 7) is 4.49. The number of rotatable bonds is 4. The molecule has 3 amide bonds. The molecule has 6 aliphatic rings. The van der Waals surface area contributed by atoms with Gasteiger partial charge in [0.15, 0.2) is 0 Å². The lowest BCUT2D eigenvalue weighted by molar-refractivity contribution is -0.145. The largest absolute Gasteiger partial charge is 0.378 e. The molecule has 5 fully saturated rings. The second-order valence-corrected chi connectivity index (χ2v) is 11.9. The number of fused-ring (bicyclic) bond motifs is 1. The van der Waals surface area contributed by atoms with E-state index in [-0.39, 0.29) is 23.4 Å². The van der Waals surface area contributed by atoms with E-state index >= 15 is 0 Å². The van der Waals surface area contributed by atoms with E-state index in [4.69, 9.17) is 15.5 Å². The number of nitrogens with one attached hydrogen (secondary N) is 1. The summed E-state index contributed by atoms with van der Waals surface area (Å²) >= 11 is 0. The number of amides is 3. The van der Waals surface area contributed by atoms with Gasteiger partial charge in [0.1, 0.15) is 5.82 Å². The lowest BCUT2D eigenvalue weighted by Gasteiger charge is -2.59. The molecule has 1 aromatic heterocycles. The summed E-state index contributed by atoms with van der Waals surface area (Å²) in [7, 11) is 0. The normalized spacial score (nSPS) is 31.7. The molecule has 3 heterocycles. The standard InChI is InChI=1S/C29H36N6O3/c30-27(36)29-15-19-13-20(16-29)26(21(14-19)17-29)32-28(37)35-8-7-34(23-3-1-2-4-24(23)35)25-6-5-22(18-31-25)33-9-11-38-12-10-33/h1-6,18-21,26H,7-17H2,(H2,30,36)(H,32,37). The van der Waals surface area contributed by atoms with Gasteiger partial charge in [-0.3, -0.25) is 9.69 Å². The predicted octanol–water partition coefficient (Wildman–Crippen LogP) is 3.27. The van der Waals surface area contributed by atoms with Gasteiger partial charge in [-0.25, -0.2) is 9.78 Å². The zero-order valence-corrected chi connectivity index (χ0v) is 21.7. The van der Waals surface area contributed by atoms with E-state index in [2.05, 4.69) is 33.3 Å². The number of benzene rings is 1. The highest BCUT2D eigenvalue weighted by atomic mass is 16.5. The van der Waals surface area contributed by atoms with Crippen LogP contribution in [-0.4, -0.2) is 62.4 Å². The Hall–Kier alpha value is -3.33. The van der Waals surface area contributed by atoms with Crippen LogP contribution >= 0.6 is 0 Å². The topological polar surface area (TPSA) is 104 Å². The van der Waals surface area contributed by atoms with Crippen molar-refractivity contribution in [1.29, 1.82) is 0 Å². The molecule has 4 saturated carbocycles. The SMILES string of the molecule is NC(=O)C12CC3CC(C1)C(NC(=O)N1CCN(c4ccc(N5CCOCC5)cn4)c4ccccc41)C(C3)C2. The van der Waals surface area contributed by atoms with Crippen LogP contribution in [0.2, 0.25) is 0 Å². The highest BCUT2D eigenvalue weighted by molar-refractivity contribution is 5.98. The smallest absolute Gasteiger partial charge is 0.322 e. The summed E-state index contributed by atoms with van der Waals surface area (Å²) in [5.41, 5.74) is 8.51. The van der Waals surface area contributed by atoms with Crippen molar-refractivity contribution in [2.75, 3.05) is 54.1 Å². The maximum absolute atomic E-state index is 13.7. The molecule has 2 aromatic rings. The van der Waals surface area contributed by atoms with Crippen LogP contribution in [-0.2, 0) is 9.53 Å². The zero-order chi connectivity index (χ0) is 25.9. The Kier molecular flexibility index (Phi) is 5.72. The van der Waals surface area contributed by atoms with Gasteiger partial charge in [-0.2, -0.15) is 0 Å². The number of carbonyl (C=O) groups excluding carboxylic acids is 2. The van der Waals surface area contributed by atoms with Crippen LogP contribution in [0.15, 0.2) is 42.6 Å². The summed E-state index contributed by atoms with van der Waals surface area (Å²) < 4.78 is 5.47. The minimum absolute atomic E-state index is 0.0432. The van der Waals surface area contributed by atoms with Crippen molar-refractivity contribution in [1.82, 2.24) is 10.3 Å². The van der Waals surface area contributed by atoms with E-state index in [1.807, 2.05) is 29.3 Å². The summed E-state index contributed by atoms with van der Waals surface area (Å²) in [5, 5.41) is 3.41. The third-order valence-corrected chi connectivity index (χ3v) is 9.73. The van der Waals surface area contributed by atoms with Crippen LogP contribution in [0.5, 0.6) is 0 Å². The van der Waals surface area contributed by atoms with Gasteiger partial charge in [-0.05, 0) is 74.1 Å². The van der Waals surface area contributed by atoms with Gasteiger partial charge < -0.3 is 25.6 Å². The molecule has 0 radical (unpaired) electrons. The van der Waals surface area contributed by atoms with Crippen LogP contribution < -0.4 is 25.8 Å². The molecular formula is C29H36N6O3. The van der Waals surface area contributed by atoms with Gasteiger partial charge in [0, 0.05) is 37.6 Å². The number of hydrogen-bond donors (Lipinski definition) is 2. The van der Waals surface area contributed by atoms with E-state index in [1.54, 1.807) is 0 Å². The lowest BCUT2D eigenvalue weighted by Crippen LogP contribution is -2.63. The quantitative estimate of drug-likeness (QED) is 0.647. The Balaban J connectivity index is 1.08. The van der Waals surface area contributed by atoms with Crippen molar-refractivity contribution < 1.29 is 14.3 Å². The van der Waals surface area contributed by atoms with Gasteiger partial charge in [-0.15, -0.1) is 0 Å². The van der Waals surface area contributed by atoms with E-state index < -0.39 is 0 Å². The molecule has 38 heavy (non-hydrogen) atoms. The van der Waals surface area contributed by atoms with Gasteiger partial charge in [-0.1, -0.05) is 12.1 Å². The molecule has 4 bridgehead atoms. The first-order chi connectivity index (χ1) is 18.5. The first-order valence-corrected chi connectivity index (χ1v) is 14.0. The van der Waals surface area contributed by atoms with E-state index in [1.165, 1.54) is 0 Å². The van der Waals surface area contributed by atoms with Gasteiger partial charge in [0.05, 0.1) is 36.5 Å². The van der Waals surface area contributed by atoms with Crippen LogP contribution in [0.3, 0.4) is 0 Å². The molecular weight excluding hydrogens is 480 g/mol. The van der Waals surface area contributed by atoms with E-state index in [9.17, 15) is 9.59 Å². The number of nitrogens with two attached hydrogens (primary N) is 1. The van der Waals surface area contributed by atoms with Crippen molar-refractivity contribution in [2.45, 2.75) is 38.1 Å². The molecule has 1 aromatic carbocycles. The molecule has 4 aliphatic carbocycles. The van der Waals surface area contributed by atoms with Crippen molar-refractivity contribution in [3.8, 4) is 0 Å². The number of carbonyl (C=O) groups is 2. The lowest BCUT2D eigenvalue weighted by atomic mass is 9.47. The molecule has 9 heteroatoms. The van der Waals surface area contributed by atoms with E-state index in [0.717, 1.165) is 81.3 Å². The highest BCUT2D eigenvalue weighted by Gasteiger charge is 2.58. The summed E-state index contributed by atoms with van der Waals surface area (Å²) in [5.74, 6) is 1.98. The highest BCUT2D eigenvalue weighted by Crippen LogP contribution is 2.60. The fourth-order valence-corrected chi connectivity index (χ4v) is 8.14. The first-order valence-electron chi connectivity index (χ1n) is 14.0. The fraction of sp³-hybridized carbons (Fsp3) is 0.552. The number of anilines is 4. The first kappa shape index (κ1) is 23.8. The van der Waals surface area contributed by atoms with E-state index in [0.29, 0.717) is 30.8 Å². The maximum atomic E-state index is 13.7. The maximum Gasteiger partial charge on any atom is 0.322 e. The number of ether oxygens (including phenoxy) is 1. The molecule has 3 N–H and O–H groups in total. The van der Waals surface area contributed by atoms with Gasteiger partial charge in [0.25, 0.3) is 0 Å². The van der Waals surface area contributed by atoms with Crippen LogP contribution in [0.1, 0.15) is 32.1 Å². The molecule has 2 unspecified atom stereocenters. The van der Waals surface area contributed by atoms with Crippen LogP contribution in [0.4, 0.5) is 27.7 Å². The Morgan fingerprint density at radius 3 is 2.37 bits per heavy atom. The van der Waals surface area contributed by atoms with Crippen molar-refractivity contribution in [2.24, 2.45) is 28.9 Å². The molecule has 2 aliphatic heterocycles. The Morgan fingerprint density at radius 1 is 0.947 bits per heavy atom. The third-order valence-electron chi connectivity index (χ3n) is 9.73. The summed E-state index contributed by atoms with van der Waals surface area (Å²) in [4.78, 5) is 37.2. The molecule has 8 rings (SSSR count). The summed E-state index contributed by atoms with van der Waals surface area (Å²) in [6, 6.07) is 12.3. The average molecular weight is 517 g/mol. The predicted molar refractivity (Wildman–Crippen MR) is 146 cm³/mol. The number of nitrogens with zero attached hydrogens (tertiary/aromatic N) is 4. The Bertz CT molecular complexity index is 1210. The zero-order valence-electron chi connectivity index (χ0n) is 21.7. The fourth-order valence-electron chi connectivity index (χ4n) is 8.14. The number of para-hydroxylation sites is 2. The monoisotopic (exact) mass is 516 g/mol. The van der Waals surface area contributed by atoms with Crippen molar-refractivity contribution in [3.63, 3.8) is 0 Å². The van der Waals surface area contributed by atoms with Crippen LogP contribution in [0.25, 0.3) is 0 Å². The second kappa shape index (κ2) is 9.15. The van der Waals surface area contributed by atoms with Gasteiger partial charge >= 0.3 is 6.03 Å². The third kappa shape index (κ3) is 3.90. The number of aromatic nitrogens is 1. The number of morpholine rings is 1. The van der Waals surface area contributed by atoms with Crippen LogP contribution in [0, 0.1) is 23.2 Å². The minimum Gasteiger partial charge on any atom is -0.378 e. The average Bonchev–Trinajstić information content (AvgIpc) is 2.94. The number of primary amides is 1. The summed E-state index contributed by atoms with van der Waals surface area (Å²) in [6.07, 6.45) is 6.69. The molecule has 2 atom stereocenters. The molecule has 200 valence electrons. The molecule has 9 nitrogen and oxygen atoms in total. The van der Waals surface area contributed by atoms with Crippen molar-refractivity contribution in [3.05, 3.63) is 42.6 Å². The number of pyridine rings is 1. The Labute approximate surface area is 223 Å².